The zero-order valence-corrected chi connectivity index (χ0v) is 16.0. The molecular formula is C22H33NO3. The number of hydrogen-bond donors (Lipinski definition) is 0. The third-order valence-electron chi connectivity index (χ3n) is 3.69. The summed E-state index contributed by atoms with van der Waals surface area (Å²) in [7, 11) is 0. The molecule has 0 spiro atoms. The second-order valence-corrected chi connectivity index (χ2v) is 5.99. The van der Waals surface area contributed by atoms with Crippen molar-refractivity contribution in [3.8, 4) is 0 Å². The van der Waals surface area contributed by atoms with Crippen molar-refractivity contribution in [1.82, 2.24) is 0 Å². The Morgan fingerprint density at radius 3 is 2.08 bits per heavy atom. The van der Waals surface area contributed by atoms with Gasteiger partial charge in [-0.3, -0.25) is 10.1 Å². The molecule has 0 amide bonds. The average Bonchev–Trinajstić information content (AvgIpc) is 2.63. The van der Waals surface area contributed by atoms with Gasteiger partial charge in [-0.15, -0.1) is 0 Å². The number of nitrogens with zero attached hydrogens (tertiary/aromatic N) is 1. The largest absolute Gasteiger partial charge is 0.303 e. The molecule has 0 radical (unpaired) electrons. The summed E-state index contributed by atoms with van der Waals surface area (Å²) in [5.41, 5.74) is 0.236. The first-order valence-corrected chi connectivity index (χ1v) is 9.59. The number of hydrogen-bond acceptors (Lipinski definition) is 3. The molecule has 0 N–H and O–H groups in total. The number of allylic oxidation sites excluding steroid dienone is 9. The molecular weight excluding hydrogens is 326 g/mol. The van der Waals surface area contributed by atoms with E-state index in [0.717, 1.165) is 32.0 Å². The highest BCUT2D eigenvalue weighted by molar-refractivity contribution is 5.49. The van der Waals surface area contributed by atoms with Crippen molar-refractivity contribution in [3.05, 3.63) is 70.5 Å². The molecule has 0 fully saturated rings. The van der Waals surface area contributed by atoms with Gasteiger partial charge < -0.3 is 4.79 Å². The molecule has 0 aliphatic heterocycles. The monoisotopic (exact) mass is 359 g/mol. The molecule has 0 heterocycles. The summed E-state index contributed by atoms with van der Waals surface area (Å²) in [5, 5.41) is 11.1. The van der Waals surface area contributed by atoms with Gasteiger partial charge in [0.15, 0.2) is 0 Å². The molecule has 0 aromatic heterocycles. The van der Waals surface area contributed by atoms with Gasteiger partial charge in [0.25, 0.3) is 0 Å². The third kappa shape index (κ3) is 16.6. The molecule has 0 unspecified atom stereocenters. The van der Waals surface area contributed by atoms with Crippen molar-refractivity contribution in [3.63, 3.8) is 0 Å². The second kappa shape index (κ2) is 19.1. The van der Waals surface area contributed by atoms with Gasteiger partial charge in [0.05, 0.1) is 11.3 Å². The number of rotatable bonds is 16. The molecule has 0 saturated carbocycles. The summed E-state index contributed by atoms with van der Waals surface area (Å²) < 4.78 is 0. The summed E-state index contributed by atoms with van der Waals surface area (Å²) in [5.74, 6) is 0. The van der Waals surface area contributed by atoms with Gasteiger partial charge in [-0.2, -0.15) is 0 Å². The molecule has 0 saturated heterocycles. The second-order valence-electron chi connectivity index (χ2n) is 5.99. The van der Waals surface area contributed by atoms with Gasteiger partial charge in [0, 0.05) is 6.42 Å². The number of carbonyl (C=O) groups excluding carboxylic acids is 1. The maximum absolute atomic E-state index is 11.1. The molecule has 0 aliphatic rings. The van der Waals surface area contributed by atoms with Crippen molar-refractivity contribution in [1.29, 1.82) is 0 Å². The smallest absolute Gasteiger partial charge is 0.246 e. The lowest BCUT2D eigenvalue weighted by atomic mass is 10.2. The minimum atomic E-state index is -0.307. The van der Waals surface area contributed by atoms with E-state index in [2.05, 4.69) is 19.1 Å². The Labute approximate surface area is 158 Å². The lowest BCUT2D eigenvalue weighted by molar-refractivity contribution is -0.427. The third-order valence-corrected chi connectivity index (χ3v) is 3.69. The predicted molar refractivity (Wildman–Crippen MR) is 110 cm³/mol. The summed E-state index contributed by atoms with van der Waals surface area (Å²) in [6.45, 7) is 2.19. The number of carbonyl (C=O) groups is 1. The van der Waals surface area contributed by atoms with Crippen LogP contribution in [-0.4, -0.2) is 11.2 Å². The van der Waals surface area contributed by atoms with E-state index in [9.17, 15) is 14.9 Å². The van der Waals surface area contributed by atoms with Gasteiger partial charge in [0.1, 0.15) is 6.29 Å². The van der Waals surface area contributed by atoms with Gasteiger partial charge in [-0.1, -0.05) is 68.4 Å². The summed E-state index contributed by atoms with van der Waals surface area (Å²) in [4.78, 5) is 20.9. The van der Waals surface area contributed by atoms with Crippen LogP contribution in [0.1, 0.15) is 71.1 Å². The van der Waals surface area contributed by atoms with Crippen LogP contribution in [-0.2, 0) is 4.79 Å². The van der Waals surface area contributed by atoms with Crippen LogP contribution in [0.25, 0.3) is 0 Å². The summed E-state index contributed by atoms with van der Waals surface area (Å²) in [6.07, 6.45) is 27.3. The molecule has 4 nitrogen and oxygen atoms in total. The fraction of sp³-hybridized carbons (Fsp3) is 0.500. The van der Waals surface area contributed by atoms with Crippen LogP contribution in [0.3, 0.4) is 0 Å². The van der Waals surface area contributed by atoms with Crippen LogP contribution in [0.5, 0.6) is 0 Å². The number of unbranched alkanes of at least 4 members (excludes halogenated alkanes) is 4. The Balaban J connectivity index is 4.05. The van der Waals surface area contributed by atoms with Crippen LogP contribution in [0, 0.1) is 10.1 Å². The van der Waals surface area contributed by atoms with Gasteiger partial charge >= 0.3 is 0 Å². The average molecular weight is 360 g/mol. The SMILES string of the molecule is CCCCC/C=C\C/C=C\C/C(=C\C/C=C\C/C=C\CCC=O)[N+](=O)[O-]. The standard InChI is InChI=1S/C22H33NO3/c1-2-3-4-5-6-7-10-13-16-19-22(23(25)26)20-17-14-11-8-9-12-15-18-21-24/h6-7,9,11-14,16,20-21H,2-5,8,10,15,17-19H2,1H3/b7-6-,12-9-,14-11-,16-13-,22-20+. The topological polar surface area (TPSA) is 60.2 Å². The molecule has 144 valence electrons. The van der Waals surface area contributed by atoms with Crippen molar-refractivity contribution in [2.45, 2.75) is 71.1 Å². The zero-order valence-electron chi connectivity index (χ0n) is 16.0. The molecule has 0 aromatic carbocycles. The fourth-order valence-corrected chi connectivity index (χ4v) is 2.19. The maximum atomic E-state index is 11.1. The van der Waals surface area contributed by atoms with E-state index in [0.29, 0.717) is 19.3 Å². The predicted octanol–water partition coefficient (Wildman–Crippen LogP) is 6.49. The van der Waals surface area contributed by atoms with E-state index in [1.54, 1.807) is 6.08 Å². The Hall–Kier alpha value is -2.23. The van der Waals surface area contributed by atoms with Crippen molar-refractivity contribution in [2.24, 2.45) is 0 Å². The molecule has 26 heavy (non-hydrogen) atoms. The Morgan fingerprint density at radius 1 is 0.808 bits per heavy atom. The van der Waals surface area contributed by atoms with E-state index in [-0.39, 0.29) is 10.6 Å². The highest BCUT2D eigenvalue weighted by Crippen LogP contribution is 2.07. The van der Waals surface area contributed by atoms with Crippen LogP contribution < -0.4 is 0 Å². The van der Waals surface area contributed by atoms with E-state index in [4.69, 9.17) is 0 Å². The fourth-order valence-electron chi connectivity index (χ4n) is 2.19. The van der Waals surface area contributed by atoms with Crippen LogP contribution in [0.4, 0.5) is 0 Å². The number of nitro groups is 1. The lowest BCUT2D eigenvalue weighted by Crippen LogP contribution is -1.97. The van der Waals surface area contributed by atoms with Gasteiger partial charge in [0.2, 0.25) is 5.70 Å². The molecule has 0 aliphatic carbocycles. The highest BCUT2D eigenvalue weighted by Gasteiger charge is 2.06. The molecule has 0 rings (SSSR count). The molecule has 4 heteroatoms. The Kier molecular flexibility index (Phi) is 17.5. The van der Waals surface area contributed by atoms with Crippen molar-refractivity contribution in [2.75, 3.05) is 0 Å². The first-order chi connectivity index (χ1) is 12.7. The van der Waals surface area contributed by atoms with Crippen LogP contribution in [0.2, 0.25) is 0 Å². The summed E-state index contributed by atoms with van der Waals surface area (Å²) >= 11 is 0. The van der Waals surface area contributed by atoms with Crippen LogP contribution in [0.15, 0.2) is 60.4 Å². The molecule has 0 atom stereocenters. The lowest BCUT2D eigenvalue weighted by Gasteiger charge is -1.93. The van der Waals surface area contributed by atoms with Gasteiger partial charge in [-0.05, 0) is 44.6 Å². The normalized spacial score (nSPS) is 12.9. The summed E-state index contributed by atoms with van der Waals surface area (Å²) in [6, 6.07) is 0. The molecule has 0 bridgehead atoms. The number of aldehydes is 1. The molecule has 0 aromatic rings. The van der Waals surface area contributed by atoms with Crippen LogP contribution >= 0.6 is 0 Å². The quantitative estimate of drug-likeness (QED) is 0.104. The van der Waals surface area contributed by atoms with E-state index >= 15 is 0 Å². The van der Waals surface area contributed by atoms with E-state index in [1.165, 1.54) is 19.3 Å². The first-order valence-electron chi connectivity index (χ1n) is 9.59. The van der Waals surface area contributed by atoms with E-state index < -0.39 is 0 Å². The highest BCUT2D eigenvalue weighted by atomic mass is 16.6. The minimum Gasteiger partial charge on any atom is -0.303 e. The van der Waals surface area contributed by atoms with Crippen molar-refractivity contribution >= 4 is 6.29 Å². The minimum absolute atomic E-state index is 0.236. The Bertz CT molecular complexity index is 513. The zero-order chi connectivity index (χ0) is 19.3. The first kappa shape index (κ1) is 23.8. The Morgan fingerprint density at radius 2 is 1.42 bits per heavy atom. The van der Waals surface area contributed by atoms with E-state index in [1.807, 2.05) is 36.5 Å². The van der Waals surface area contributed by atoms with Crippen molar-refractivity contribution < 1.29 is 9.72 Å². The maximum Gasteiger partial charge on any atom is 0.246 e. The van der Waals surface area contributed by atoms with Gasteiger partial charge in [-0.25, -0.2) is 0 Å².